The van der Waals surface area contributed by atoms with Gasteiger partial charge in [0, 0.05) is 11.3 Å². The second kappa shape index (κ2) is 7.02. The van der Waals surface area contributed by atoms with Crippen LogP contribution in [0.15, 0.2) is 47.1 Å². The van der Waals surface area contributed by atoms with Gasteiger partial charge in [0.1, 0.15) is 0 Å². The van der Waals surface area contributed by atoms with Crippen molar-refractivity contribution in [3.8, 4) is 0 Å². The summed E-state index contributed by atoms with van der Waals surface area (Å²) in [7, 11) is 0. The number of thiocarbonyl (C=S) groups is 1. The third-order valence-electron chi connectivity index (χ3n) is 9.54. The van der Waals surface area contributed by atoms with Crippen LogP contribution in [0.3, 0.4) is 0 Å². The van der Waals surface area contributed by atoms with Crippen LogP contribution in [0.2, 0.25) is 0 Å². The third kappa shape index (κ3) is 2.92. The monoisotopic (exact) mass is 408 g/mol. The molecule has 7 atom stereocenters. The lowest BCUT2D eigenvalue weighted by molar-refractivity contribution is -0.0510. The Labute approximate surface area is 182 Å². The second-order valence-corrected chi connectivity index (χ2v) is 11.4. The van der Waals surface area contributed by atoms with Crippen LogP contribution < -0.4 is 0 Å². The highest BCUT2D eigenvalue weighted by molar-refractivity contribution is 7.80. The molecule has 5 rings (SSSR count). The SMILES string of the molecule is CC[C@H]1C=C2C[C@@H](O)CC[C@]2(C)[C@H]2CC[C@]3(C)C(C4=CC(=S)CC=C4)=CC[C@H]3[C@H]12. The van der Waals surface area contributed by atoms with E-state index in [1.165, 1.54) is 37.7 Å². The maximum atomic E-state index is 10.3. The van der Waals surface area contributed by atoms with Gasteiger partial charge in [-0.25, -0.2) is 0 Å². The minimum absolute atomic E-state index is 0.120. The molecule has 1 nitrogen and oxygen atoms in total. The Morgan fingerprint density at radius 1 is 1.14 bits per heavy atom. The standard InChI is InChI=1S/C27H36OS/c1-4-17-14-19-16-20(28)10-12-26(19,2)24-11-13-27(3)22(8-9-23(27)25(17)24)18-6-5-7-21(29)15-18/h5-6,8,14-15,17,20,23-25,28H,4,7,9-13,16H2,1-3H3/t17-,20-,23-,24-,25-,26-,27+/m0/s1. The van der Waals surface area contributed by atoms with E-state index in [4.69, 9.17) is 12.2 Å². The molecule has 29 heavy (non-hydrogen) atoms. The summed E-state index contributed by atoms with van der Waals surface area (Å²) in [6.45, 7) is 7.46. The average Bonchev–Trinajstić information content (AvgIpc) is 3.05. The van der Waals surface area contributed by atoms with Crippen LogP contribution in [-0.4, -0.2) is 16.1 Å². The maximum absolute atomic E-state index is 10.3. The van der Waals surface area contributed by atoms with Gasteiger partial charge < -0.3 is 5.11 Å². The first-order valence-electron chi connectivity index (χ1n) is 11.9. The van der Waals surface area contributed by atoms with Crippen molar-refractivity contribution >= 4 is 17.1 Å². The first kappa shape index (κ1) is 19.9. The van der Waals surface area contributed by atoms with Gasteiger partial charge in [0.15, 0.2) is 0 Å². The van der Waals surface area contributed by atoms with E-state index in [9.17, 15) is 5.11 Å². The van der Waals surface area contributed by atoms with Gasteiger partial charge in [0.05, 0.1) is 6.10 Å². The minimum atomic E-state index is -0.120. The number of rotatable bonds is 2. The summed E-state index contributed by atoms with van der Waals surface area (Å²) in [6.07, 6.45) is 21.0. The molecule has 0 radical (unpaired) electrons. The summed E-state index contributed by atoms with van der Waals surface area (Å²) in [5.74, 6) is 2.97. The normalized spacial score (nSPS) is 46.3. The molecule has 0 bridgehead atoms. The molecule has 2 fully saturated rings. The van der Waals surface area contributed by atoms with Crippen LogP contribution in [0.25, 0.3) is 0 Å². The zero-order valence-corrected chi connectivity index (χ0v) is 19.1. The summed E-state index contributed by atoms with van der Waals surface area (Å²) < 4.78 is 0. The van der Waals surface area contributed by atoms with Crippen LogP contribution in [0.4, 0.5) is 0 Å². The average molecular weight is 409 g/mol. The number of hydrogen-bond acceptors (Lipinski definition) is 2. The Kier molecular flexibility index (Phi) is 4.83. The molecule has 5 aliphatic carbocycles. The molecular weight excluding hydrogens is 372 g/mol. The molecule has 0 aromatic rings. The van der Waals surface area contributed by atoms with E-state index < -0.39 is 0 Å². The molecule has 2 saturated carbocycles. The molecule has 0 heterocycles. The van der Waals surface area contributed by atoms with Crippen molar-refractivity contribution in [2.75, 3.05) is 0 Å². The zero-order chi connectivity index (χ0) is 20.4. The molecule has 156 valence electrons. The first-order chi connectivity index (χ1) is 13.9. The Balaban J connectivity index is 1.52. The van der Waals surface area contributed by atoms with E-state index in [0.29, 0.717) is 11.3 Å². The lowest BCUT2D eigenvalue weighted by atomic mass is 9.45. The van der Waals surface area contributed by atoms with Gasteiger partial charge in [-0.3, -0.25) is 0 Å². The van der Waals surface area contributed by atoms with Crippen molar-refractivity contribution in [3.63, 3.8) is 0 Å². The van der Waals surface area contributed by atoms with E-state index in [1.54, 1.807) is 11.1 Å². The van der Waals surface area contributed by atoms with E-state index in [2.05, 4.69) is 51.2 Å². The van der Waals surface area contributed by atoms with E-state index in [1.807, 2.05) is 0 Å². The van der Waals surface area contributed by atoms with Crippen molar-refractivity contribution < 1.29 is 5.11 Å². The van der Waals surface area contributed by atoms with E-state index >= 15 is 0 Å². The van der Waals surface area contributed by atoms with Gasteiger partial charge in [-0.1, -0.05) is 62.9 Å². The molecule has 0 amide bonds. The lowest BCUT2D eigenvalue weighted by Gasteiger charge is -2.60. The molecule has 5 aliphatic rings. The predicted molar refractivity (Wildman–Crippen MR) is 125 cm³/mol. The lowest BCUT2D eigenvalue weighted by Crippen LogP contribution is -2.52. The highest BCUT2D eigenvalue weighted by atomic mass is 32.1. The van der Waals surface area contributed by atoms with Crippen molar-refractivity contribution in [2.24, 2.45) is 34.5 Å². The largest absolute Gasteiger partial charge is 0.393 e. The van der Waals surface area contributed by atoms with Crippen molar-refractivity contribution in [1.82, 2.24) is 0 Å². The molecule has 0 aromatic carbocycles. The molecule has 0 aromatic heterocycles. The summed E-state index contributed by atoms with van der Waals surface area (Å²) in [4.78, 5) is 1.08. The topological polar surface area (TPSA) is 20.2 Å². The van der Waals surface area contributed by atoms with Gasteiger partial charge in [0.25, 0.3) is 0 Å². The quantitative estimate of drug-likeness (QED) is 0.403. The van der Waals surface area contributed by atoms with Crippen molar-refractivity contribution in [1.29, 1.82) is 0 Å². The number of aliphatic hydroxyl groups is 1. The van der Waals surface area contributed by atoms with Gasteiger partial charge in [-0.2, -0.15) is 0 Å². The van der Waals surface area contributed by atoms with Gasteiger partial charge in [-0.05, 0) is 96.7 Å². The highest BCUT2D eigenvalue weighted by Gasteiger charge is 2.58. The molecule has 0 saturated heterocycles. The van der Waals surface area contributed by atoms with Gasteiger partial charge in [-0.15, -0.1) is 0 Å². The molecule has 0 aliphatic heterocycles. The second-order valence-electron chi connectivity index (χ2n) is 10.9. The zero-order valence-electron chi connectivity index (χ0n) is 18.3. The molecular formula is C27H36OS. The number of fused-ring (bicyclic) bond motifs is 5. The molecule has 1 N–H and O–H groups in total. The summed E-state index contributed by atoms with van der Waals surface area (Å²) in [6, 6.07) is 0. The summed E-state index contributed by atoms with van der Waals surface area (Å²) in [5, 5.41) is 10.3. The smallest absolute Gasteiger partial charge is 0.0577 e. The molecule has 2 heteroatoms. The van der Waals surface area contributed by atoms with Crippen LogP contribution >= 0.6 is 12.2 Å². The molecule has 0 spiro atoms. The fourth-order valence-electron chi connectivity index (χ4n) is 7.96. The van der Waals surface area contributed by atoms with Gasteiger partial charge >= 0.3 is 0 Å². The van der Waals surface area contributed by atoms with Crippen LogP contribution in [0, 0.1) is 34.5 Å². The Morgan fingerprint density at radius 2 is 1.93 bits per heavy atom. The van der Waals surface area contributed by atoms with Crippen molar-refractivity contribution in [2.45, 2.75) is 78.2 Å². The molecule has 0 unspecified atom stereocenters. The van der Waals surface area contributed by atoms with E-state index in [-0.39, 0.29) is 11.5 Å². The summed E-state index contributed by atoms with van der Waals surface area (Å²) >= 11 is 5.54. The maximum Gasteiger partial charge on any atom is 0.0577 e. The van der Waals surface area contributed by atoms with Crippen LogP contribution in [0.1, 0.15) is 72.1 Å². The fraction of sp³-hybridized carbons (Fsp3) is 0.667. The third-order valence-corrected chi connectivity index (χ3v) is 9.83. The van der Waals surface area contributed by atoms with Crippen LogP contribution in [0.5, 0.6) is 0 Å². The van der Waals surface area contributed by atoms with Gasteiger partial charge in [0.2, 0.25) is 0 Å². The van der Waals surface area contributed by atoms with Crippen LogP contribution in [-0.2, 0) is 0 Å². The van der Waals surface area contributed by atoms with Crippen molar-refractivity contribution in [3.05, 3.63) is 47.1 Å². The predicted octanol–water partition coefficient (Wildman–Crippen LogP) is 6.74. The summed E-state index contributed by atoms with van der Waals surface area (Å²) in [5.41, 5.74) is 5.14. The number of allylic oxidation sites excluding steroid dienone is 7. The number of aliphatic hydroxyl groups excluding tert-OH is 1. The fourth-order valence-corrected chi connectivity index (χ4v) is 8.19. The highest BCUT2D eigenvalue weighted by Crippen LogP contribution is 2.67. The minimum Gasteiger partial charge on any atom is -0.393 e. The van der Waals surface area contributed by atoms with E-state index in [0.717, 1.165) is 41.9 Å². The first-order valence-corrected chi connectivity index (χ1v) is 12.3. The Morgan fingerprint density at radius 3 is 2.69 bits per heavy atom. The Hall–Kier alpha value is -0.990. The Bertz CT molecular complexity index is 845. The number of hydrogen-bond donors (Lipinski definition) is 1.